The van der Waals surface area contributed by atoms with Crippen molar-refractivity contribution in [3.05, 3.63) is 80.9 Å². The fourth-order valence-electron chi connectivity index (χ4n) is 9.51. The van der Waals surface area contributed by atoms with Crippen molar-refractivity contribution in [3.63, 3.8) is 0 Å². The Labute approximate surface area is 334 Å². The van der Waals surface area contributed by atoms with Crippen LogP contribution in [-0.4, -0.2) is 13.2 Å². The molecule has 0 heterocycles. The van der Waals surface area contributed by atoms with Gasteiger partial charge in [0, 0.05) is 0 Å². The monoisotopic (exact) mass is 739 g/mol. The van der Waals surface area contributed by atoms with Gasteiger partial charge in [-0.05, 0) is 134 Å². The maximum Gasteiger partial charge on any atom is 0.101 e. The van der Waals surface area contributed by atoms with Gasteiger partial charge >= 0.3 is 0 Å². The average molecular weight is 739 g/mol. The van der Waals surface area contributed by atoms with Crippen LogP contribution in [0.5, 0.6) is 0 Å². The molecule has 0 N–H and O–H groups in total. The van der Waals surface area contributed by atoms with Gasteiger partial charge in [0.2, 0.25) is 0 Å². The topological polar surface area (TPSA) is 104 Å². The highest BCUT2D eigenvalue weighted by atomic mass is 16.5. The lowest BCUT2D eigenvalue weighted by Gasteiger charge is -2.31. The van der Waals surface area contributed by atoms with Crippen molar-refractivity contribution in [1.29, 1.82) is 21.0 Å². The first-order valence-electron chi connectivity index (χ1n) is 21.9. The van der Waals surface area contributed by atoms with Gasteiger partial charge in [0.05, 0.1) is 35.5 Å². The SMILES string of the molecule is CCCCCc1ccc(C(=CCOCC=C(c2ccc(CCCCC)c(C#N)c2C#N)[C@H]2CC[C@H](CCC)CC2)[C@H]2CC[C@H](CCC)CC2)c(C#N)c1C#N. The third-order valence-electron chi connectivity index (χ3n) is 12.6. The molecule has 2 aliphatic rings. The number of aryl methyl sites for hydroxylation is 2. The standard InChI is InChI=1S/C50H66N4O/c1-5-9-11-15-39-25-27-45(49(35-53)47(39)33-51)43(41-21-17-37(13-7-3)18-22-41)29-31-55-32-30-44(42-23-19-38(14-8-4)20-24-42)46-28-26-40(16-12-10-6-2)48(34-52)50(46)36-54/h25-30,37-38,41-42H,5-24,31-32H2,1-4H3/t37-,38-,41-,42-. The summed E-state index contributed by atoms with van der Waals surface area (Å²) in [5.74, 6) is 2.17. The minimum Gasteiger partial charge on any atom is -0.373 e. The van der Waals surface area contributed by atoms with E-state index >= 15 is 0 Å². The van der Waals surface area contributed by atoms with Gasteiger partial charge in [-0.1, -0.05) is 115 Å². The van der Waals surface area contributed by atoms with Crippen LogP contribution in [0.25, 0.3) is 11.1 Å². The molecule has 2 fully saturated rings. The number of rotatable bonds is 20. The van der Waals surface area contributed by atoms with Gasteiger partial charge in [0.25, 0.3) is 0 Å². The van der Waals surface area contributed by atoms with Gasteiger partial charge in [-0.15, -0.1) is 0 Å². The third kappa shape index (κ3) is 11.9. The van der Waals surface area contributed by atoms with Gasteiger partial charge in [-0.2, -0.15) is 21.0 Å². The minimum atomic E-state index is 0.323. The van der Waals surface area contributed by atoms with Crippen molar-refractivity contribution in [2.45, 2.75) is 156 Å². The molecule has 0 radical (unpaired) electrons. The van der Waals surface area contributed by atoms with Crippen molar-refractivity contribution >= 4 is 11.1 Å². The number of unbranched alkanes of at least 4 members (excludes halogenated alkanes) is 4. The van der Waals surface area contributed by atoms with Crippen LogP contribution in [0.4, 0.5) is 0 Å². The maximum atomic E-state index is 10.5. The first-order valence-corrected chi connectivity index (χ1v) is 21.9. The number of benzene rings is 2. The smallest absolute Gasteiger partial charge is 0.101 e. The fourth-order valence-corrected chi connectivity index (χ4v) is 9.51. The molecule has 2 aliphatic carbocycles. The molecule has 2 saturated carbocycles. The van der Waals surface area contributed by atoms with E-state index in [-0.39, 0.29) is 0 Å². The third-order valence-corrected chi connectivity index (χ3v) is 12.6. The molecule has 5 nitrogen and oxygen atoms in total. The van der Waals surface area contributed by atoms with E-state index in [1.165, 1.54) is 51.4 Å². The number of hydrogen-bond acceptors (Lipinski definition) is 5. The Kier molecular flexibility index (Phi) is 18.8. The van der Waals surface area contributed by atoms with Crippen LogP contribution in [0, 0.1) is 69.0 Å². The lowest BCUT2D eigenvalue weighted by Crippen LogP contribution is -2.17. The molecule has 0 amide bonds. The number of nitrogens with zero attached hydrogens (tertiary/aromatic N) is 4. The van der Waals surface area contributed by atoms with Crippen LogP contribution in [0.1, 0.15) is 188 Å². The minimum absolute atomic E-state index is 0.323. The van der Waals surface area contributed by atoms with E-state index in [1.807, 2.05) is 0 Å². The summed E-state index contributed by atoms with van der Waals surface area (Å²) in [4.78, 5) is 0. The van der Waals surface area contributed by atoms with Gasteiger partial charge in [-0.25, -0.2) is 0 Å². The van der Waals surface area contributed by atoms with Crippen LogP contribution in [0.15, 0.2) is 36.4 Å². The van der Waals surface area contributed by atoms with Crippen LogP contribution < -0.4 is 0 Å². The predicted octanol–water partition coefficient (Wildman–Crippen LogP) is 13.3. The number of hydrogen-bond donors (Lipinski definition) is 0. The van der Waals surface area contributed by atoms with Crippen molar-refractivity contribution in [1.82, 2.24) is 0 Å². The highest BCUT2D eigenvalue weighted by Gasteiger charge is 2.28. The van der Waals surface area contributed by atoms with E-state index < -0.39 is 0 Å². The van der Waals surface area contributed by atoms with E-state index in [0.29, 0.717) is 47.3 Å². The summed E-state index contributed by atoms with van der Waals surface area (Å²) >= 11 is 0. The summed E-state index contributed by atoms with van der Waals surface area (Å²) in [5.41, 5.74) is 8.11. The molecule has 0 aliphatic heterocycles. The summed E-state index contributed by atoms with van der Waals surface area (Å²) in [6.07, 6.45) is 26.5. The number of allylic oxidation sites excluding steroid dienone is 2. The van der Waals surface area contributed by atoms with E-state index in [4.69, 9.17) is 4.74 Å². The molecule has 292 valence electrons. The highest BCUT2D eigenvalue weighted by molar-refractivity contribution is 5.77. The Morgan fingerprint density at radius 3 is 1.24 bits per heavy atom. The lowest BCUT2D eigenvalue weighted by molar-refractivity contribution is 0.193. The van der Waals surface area contributed by atoms with Gasteiger partial charge in [-0.3, -0.25) is 0 Å². The summed E-state index contributed by atoms with van der Waals surface area (Å²) in [5, 5.41) is 41.5. The Morgan fingerprint density at radius 2 is 0.909 bits per heavy atom. The Hall–Kier alpha value is -4.16. The molecule has 0 spiro atoms. The van der Waals surface area contributed by atoms with E-state index in [0.717, 1.165) is 122 Å². The number of nitriles is 4. The summed E-state index contributed by atoms with van der Waals surface area (Å²) in [6.45, 7) is 9.69. The van der Waals surface area contributed by atoms with Crippen LogP contribution in [-0.2, 0) is 17.6 Å². The van der Waals surface area contributed by atoms with Crippen molar-refractivity contribution in [2.75, 3.05) is 13.2 Å². The van der Waals surface area contributed by atoms with Gasteiger partial charge < -0.3 is 4.74 Å². The summed E-state index contributed by atoms with van der Waals surface area (Å²) in [7, 11) is 0. The molecule has 0 unspecified atom stereocenters. The first kappa shape index (κ1) is 43.6. The zero-order valence-corrected chi connectivity index (χ0v) is 34.5. The molecule has 0 saturated heterocycles. The molecule has 2 aromatic carbocycles. The normalized spacial score (nSPS) is 20.3. The van der Waals surface area contributed by atoms with Crippen LogP contribution in [0.2, 0.25) is 0 Å². The van der Waals surface area contributed by atoms with Gasteiger partial charge in [0.15, 0.2) is 0 Å². The molecule has 2 aromatic rings. The number of ether oxygens (including phenoxy) is 1. The molecule has 0 aromatic heterocycles. The molecule has 0 atom stereocenters. The van der Waals surface area contributed by atoms with Crippen molar-refractivity contribution in [3.8, 4) is 24.3 Å². The van der Waals surface area contributed by atoms with Crippen LogP contribution >= 0.6 is 0 Å². The Balaban J connectivity index is 1.66. The molecule has 0 bridgehead atoms. The maximum absolute atomic E-state index is 10.5. The average Bonchev–Trinajstić information content (AvgIpc) is 3.21. The molecule has 55 heavy (non-hydrogen) atoms. The quantitative estimate of drug-likeness (QED) is 0.126. The zero-order valence-electron chi connectivity index (χ0n) is 34.5. The van der Waals surface area contributed by atoms with E-state index in [2.05, 4.69) is 88.4 Å². The lowest BCUT2D eigenvalue weighted by atomic mass is 9.74. The van der Waals surface area contributed by atoms with Gasteiger partial charge in [0.1, 0.15) is 24.3 Å². The Morgan fingerprint density at radius 1 is 0.527 bits per heavy atom. The second-order valence-corrected chi connectivity index (χ2v) is 16.3. The van der Waals surface area contributed by atoms with E-state index in [1.54, 1.807) is 0 Å². The molecular weight excluding hydrogens is 673 g/mol. The molecule has 5 heteroatoms. The van der Waals surface area contributed by atoms with Crippen molar-refractivity contribution in [2.24, 2.45) is 23.7 Å². The molecular formula is C50H66N4O. The second-order valence-electron chi connectivity index (χ2n) is 16.3. The fraction of sp³-hybridized carbons (Fsp3) is 0.600. The predicted molar refractivity (Wildman–Crippen MR) is 226 cm³/mol. The summed E-state index contributed by atoms with van der Waals surface area (Å²) < 4.78 is 6.43. The highest BCUT2D eigenvalue weighted by Crippen LogP contribution is 2.42. The first-order chi connectivity index (χ1) is 27.0. The largest absolute Gasteiger partial charge is 0.373 e. The van der Waals surface area contributed by atoms with Crippen LogP contribution in [0.3, 0.4) is 0 Å². The second kappa shape index (κ2) is 23.7. The zero-order chi connectivity index (χ0) is 39.4. The Bertz CT molecular complexity index is 1630. The molecule has 4 rings (SSSR count). The van der Waals surface area contributed by atoms with Crippen molar-refractivity contribution < 1.29 is 4.74 Å². The summed E-state index contributed by atoms with van der Waals surface area (Å²) in [6, 6.07) is 18.1. The van der Waals surface area contributed by atoms with E-state index in [9.17, 15) is 21.0 Å².